The van der Waals surface area contributed by atoms with Crippen LogP contribution in [0.2, 0.25) is 0 Å². The van der Waals surface area contributed by atoms with Crippen LogP contribution in [0.4, 0.5) is 4.39 Å². The zero-order valence-electron chi connectivity index (χ0n) is 13.2. The summed E-state index contributed by atoms with van der Waals surface area (Å²) in [6.07, 6.45) is 0. The average molecular weight is 378 g/mol. The van der Waals surface area contributed by atoms with Crippen LogP contribution in [0.3, 0.4) is 0 Å². The number of rotatable bonds is 5. The van der Waals surface area contributed by atoms with Gasteiger partial charge in [0.2, 0.25) is 15.9 Å². The molecule has 0 N–H and O–H groups in total. The van der Waals surface area contributed by atoms with E-state index in [-0.39, 0.29) is 23.9 Å². The third kappa shape index (κ3) is 4.52. The molecule has 1 heterocycles. The van der Waals surface area contributed by atoms with Crippen molar-refractivity contribution < 1.29 is 26.0 Å². The summed E-state index contributed by atoms with van der Waals surface area (Å²) in [5.74, 6) is -1.81. The average Bonchev–Trinajstić information content (AvgIpc) is 2.54. The molecule has 0 spiro atoms. The zero-order valence-corrected chi connectivity index (χ0v) is 14.8. The first-order valence-electron chi connectivity index (χ1n) is 7.33. The SMILES string of the molecule is CC(=O)N1CCN(S(=O)(=O)CCS(=O)(=O)c2ccc(F)cc2)CC1. The zero-order chi connectivity index (χ0) is 18.0. The van der Waals surface area contributed by atoms with Gasteiger partial charge in [0.1, 0.15) is 5.82 Å². The van der Waals surface area contributed by atoms with Gasteiger partial charge in [-0.25, -0.2) is 21.2 Å². The summed E-state index contributed by atoms with van der Waals surface area (Å²) in [7, 11) is -7.55. The van der Waals surface area contributed by atoms with Crippen molar-refractivity contribution >= 4 is 25.8 Å². The van der Waals surface area contributed by atoms with E-state index in [1.54, 1.807) is 4.90 Å². The van der Waals surface area contributed by atoms with E-state index < -0.39 is 37.2 Å². The Balaban J connectivity index is 2.00. The first-order chi connectivity index (χ1) is 11.1. The Morgan fingerprint density at radius 3 is 2.04 bits per heavy atom. The molecule has 1 saturated heterocycles. The molecular weight excluding hydrogens is 359 g/mol. The lowest BCUT2D eigenvalue weighted by molar-refractivity contribution is -0.129. The fourth-order valence-electron chi connectivity index (χ4n) is 2.39. The number of amides is 1. The maximum absolute atomic E-state index is 12.9. The molecule has 0 saturated carbocycles. The van der Waals surface area contributed by atoms with Crippen molar-refractivity contribution in [3.05, 3.63) is 30.1 Å². The van der Waals surface area contributed by atoms with Crippen molar-refractivity contribution in [2.24, 2.45) is 0 Å². The lowest BCUT2D eigenvalue weighted by atomic mass is 10.3. The minimum Gasteiger partial charge on any atom is -0.340 e. The van der Waals surface area contributed by atoms with E-state index in [1.807, 2.05) is 0 Å². The van der Waals surface area contributed by atoms with Crippen LogP contribution in [-0.4, -0.2) is 69.6 Å². The van der Waals surface area contributed by atoms with E-state index in [1.165, 1.54) is 11.2 Å². The van der Waals surface area contributed by atoms with Crippen LogP contribution in [0.15, 0.2) is 29.2 Å². The molecule has 0 atom stereocenters. The van der Waals surface area contributed by atoms with Crippen molar-refractivity contribution in [3.8, 4) is 0 Å². The quantitative estimate of drug-likeness (QED) is 0.678. The third-order valence-corrected chi connectivity index (χ3v) is 7.72. The van der Waals surface area contributed by atoms with E-state index in [0.29, 0.717) is 13.1 Å². The summed E-state index contributed by atoms with van der Waals surface area (Å²) in [6, 6.07) is 4.26. The standard InChI is InChI=1S/C14H19FN2O5S2/c1-12(18)16-6-8-17(9-7-16)24(21,22)11-10-23(19,20)14-4-2-13(15)3-5-14/h2-5H,6-11H2,1H3. The molecule has 1 aromatic carbocycles. The first-order valence-corrected chi connectivity index (χ1v) is 10.6. The van der Waals surface area contributed by atoms with Crippen LogP contribution in [-0.2, 0) is 24.7 Å². The van der Waals surface area contributed by atoms with Crippen molar-refractivity contribution in [2.45, 2.75) is 11.8 Å². The Kier molecular flexibility index (Phi) is 5.61. The van der Waals surface area contributed by atoms with Crippen LogP contribution in [0, 0.1) is 5.82 Å². The van der Waals surface area contributed by atoms with Gasteiger partial charge in [-0.15, -0.1) is 0 Å². The summed E-state index contributed by atoms with van der Waals surface area (Å²) in [5.41, 5.74) is 0. The summed E-state index contributed by atoms with van der Waals surface area (Å²) < 4.78 is 63.0. The Bertz CT molecular complexity index is 798. The topological polar surface area (TPSA) is 91.8 Å². The Morgan fingerprint density at radius 1 is 1.00 bits per heavy atom. The van der Waals surface area contributed by atoms with E-state index in [9.17, 15) is 26.0 Å². The van der Waals surface area contributed by atoms with E-state index in [4.69, 9.17) is 0 Å². The van der Waals surface area contributed by atoms with Crippen molar-refractivity contribution in [1.82, 2.24) is 9.21 Å². The van der Waals surface area contributed by atoms with E-state index in [2.05, 4.69) is 0 Å². The van der Waals surface area contributed by atoms with Gasteiger partial charge >= 0.3 is 0 Å². The number of carbonyl (C=O) groups excluding carboxylic acids is 1. The molecule has 0 aromatic heterocycles. The number of hydrogen-bond donors (Lipinski definition) is 0. The van der Waals surface area contributed by atoms with Gasteiger partial charge in [0.05, 0.1) is 16.4 Å². The smallest absolute Gasteiger partial charge is 0.219 e. The second-order valence-electron chi connectivity index (χ2n) is 5.49. The summed E-state index contributed by atoms with van der Waals surface area (Å²) in [4.78, 5) is 12.7. The lowest BCUT2D eigenvalue weighted by Gasteiger charge is -2.33. The van der Waals surface area contributed by atoms with Crippen LogP contribution < -0.4 is 0 Å². The number of hydrogen-bond acceptors (Lipinski definition) is 5. The predicted molar refractivity (Wildman–Crippen MR) is 86.1 cm³/mol. The maximum atomic E-state index is 12.9. The molecule has 0 bridgehead atoms. The van der Waals surface area contributed by atoms with Crippen LogP contribution in [0.25, 0.3) is 0 Å². The summed E-state index contributed by atoms with van der Waals surface area (Å²) >= 11 is 0. The van der Waals surface area contributed by atoms with Crippen molar-refractivity contribution in [3.63, 3.8) is 0 Å². The van der Waals surface area contributed by atoms with Crippen LogP contribution >= 0.6 is 0 Å². The highest BCUT2D eigenvalue weighted by molar-refractivity contribution is 7.94. The van der Waals surface area contributed by atoms with Gasteiger partial charge in [-0.05, 0) is 24.3 Å². The molecule has 134 valence electrons. The normalized spacial score (nSPS) is 17.0. The second-order valence-corrected chi connectivity index (χ2v) is 9.69. The number of benzene rings is 1. The van der Waals surface area contributed by atoms with Gasteiger partial charge in [0.15, 0.2) is 9.84 Å². The molecule has 24 heavy (non-hydrogen) atoms. The minimum atomic E-state index is -3.81. The predicted octanol–water partition coefficient (Wildman–Crippen LogP) is 0.0933. The Labute approximate surface area is 141 Å². The monoisotopic (exact) mass is 378 g/mol. The summed E-state index contributed by atoms with van der Waals surface area (Å²) in [5, 5.41) is 0. The highest BCUT2D eigenvalue weighted by Crippen LogP contribution is 2.14. The molecule has 2 rings (SSSR count). The number of sulfone groups is 1. The third-order valence-electron chi connectivity index (χ3n) is 3.86. The largest absolute Gasteiger partial charge is 0.340 e. The first kappa shape index (κ1) is 18.8. The van der Waals surface area contributed by atoms with Gasteiger partial charge in [-0.3, -0.25) is 4.79 Å². The molecule has 0 aliphatic carbocycles. The molecule has 1 aromatic rings. The van der Waals surface area contributed by atoms with Crippen LogP contribution in [0.1, 0.15) is 6.92 Å². The fourth-order valence-corrected chi connectivity index (χ4v) is 5.87. The molecule has 0 radical (unpaired) electrons. The van der Waals surface area contributed by atoms with E-state index in [0.717, 1.165) is 24.3 Å². The molecule has 0 unspecified atom stereocenters. The Hall–Kier alpha value is -1.52. The molecule has 1 aliphatic rings. The second kappa shape index (κ2) is 7.16. The maximum Gasteiger partial charge on any atom is 0.219 e. The number of piperazine rings is 1. The molecular formula is C14H19FN2O5S2. The number of carbonyl (C=O) groups is 1. The van der Waals surface area contributed by atoms with Crippen LogP contribution in [0.5, 0.6) is 0 Å². The minimum absolute atomic E-state index is 0.111. The molecule has 1 aliphatic heterocycles. The van der Waals surface area contributed by atoms with Gasteiger partial charge in [-0.2, -0.15) is 4.31 Å². The van der Waals surface area contributed by atoms with E-state index >= 15 is 0 Å². The molecule has 10 heteroatoms. The number of sulfonamides is 1. The van der Waals surface area contributed by atoms with Gasteiger partial charge in [0, 0.05) is 33.1 Å². The van der Waals surface area contributed by atoms with Crippen molar-refractivity contribution in [2.75, 3.05) is 37.7 Å². The highest BCUT2D eigenvalue weighted by Gasteiger charge is 2.29. The summed E-state index contributed by atoms with van der Waals surface area (Å²) in [6.45, 7) is 2.30. The molecule has 1 amide bonds. The Morgan fingerprint density at radius 2 is 1.54 bits per heavy atom. The highest BCUT2D eigenvalue weighted by atomic mass is 32.2. The fraction of sp³-hybridized carbons (Fsp3) is 0.500. The molecule has 1 fully saturated rings. The number of nitrogens with zero attached hydrogens (tertiary/aromatic N) is 2. The van der Waals surface area contributed by atoms with Gasteiger partial charge in [0.25, 0.3) is 0 Å². The number of halogens is 1. The van der Waals surface area contributed by atoms with Gasteiger partial charge < -0.3 is 4.90 Å². The lowest BCUT2D eigenvalue weighted by Crippen LogP contribution is -2.50. The molecule has 7 nitrogen and oxygen atoms in total. The van der Waals surface area contributed by atoms with Crippen molar-refractivity contribution in [1.29, 1.82) is 0 Å². The van der Waals surface area contributed by atoms with Gasteiger partial charge in [-0.1, -0.05) is 0 Å².